The van der Waals surface area contributed by atoms with Crippen LogP contribution in [-0.4, -0.2) is 53.5 Å². The molecular formula is C37H40N2O6. The summed E-state index contributed by atoms with van der Waals surface area (Å²) in [6.07, 6.45) is 3.32. The molecule has 4 aliphatic heterocycles. The van der Waals surface area contributed by atoms with E-state index in [1.165, 1.54) is 22.3 Å². The minimum absolute atomic E-state index is 0.000931. The molecule has 0 spiro atoms. The van der Waals surface area contributed by atoms with Crippen LogP contribution in [0, 0.1) is 0 Å². The third-order valence-corrected chi connectivity index (χ3v) is 9.40. The Balaban J connectivity index is 1.46. The number of rotatable bonds is 4. The van der Waals surface area contributed by atoms with Gasteiger partial charge in [-0.05, 0) is 110 Å². The van der Waals surface area contributed by atoms with Crippen LogP contribution in [0.15, 0.2) is 60.7 Å². The van der Waals surface area contributed by atoms with Gasteiger partial charge in [0, 0.05) is 24.2 Å². The number of nitrogens with one attached hydrogen (secondary N) is 1. The zero-order valence-electron chi connectivity index (χ0n) is 26.6. The molecule has 0 saturated carbocycles. The van der Waals surface area contributed by atoms with Gasteiger partial charge in [-0.15, -0.1) is 0 Å². The Morgan fingerprint density at radius 1 is 0.711 bits per heavy atom. The molecule has 2 atom stereocenters. The predicted molar refractivity (Wildman–Crippen MR) is 173 cm³/mol. The van der Waals surface area contributed by atoms with Crippen LogP contribution < -0.4 is 33.7 Å². The fourth-order valence-corrected chi connectivity index (χ4v) is 7.02. The molecule has 0 fully saturated rings. The molecule has 0 aromatic heterocycles. The molecule has 4 aromatic rings. The first-order chi connectivity index (χ1) is 22.0. The maximum absolute atomic E-state index is 6.98. The Bertz CT molecular complexity index is 1720. The molecule has 6 bridgehead atoms. The van der Waals surface area contributed by atoms with E-state index in [0.717, 1.165) is 55.6 Å². The number of hydrogen-bond donors (Lipinski definition) is 1. The lowest BCUT2D eigenvalue weighted by molar-refractivity contribution is 0.221. The maximum Gasteiger partial charge on any atom is 0.204 e. The second kappa shape index (κ2) is 12.2. The van der Waals surface area contributed by atoms with E-state index in [9.17, 15) is 0 Å². The van der Waals surface area contributed by atoms with Crippen molar-refractivity contribution in [1.82, 2.24) is 10.2 Å². The Morgan fingerprint density at radius 2 is 1.44 bits per heavy atom. The predicted octanol–water partition coefficient (Wildman–Crippen LogP) is 6.82. The van der Waals surface area contributed by atoms with Crippen LogP contribution in [-0.2, 0) is 25.7 Å². The smallest absolute Gasteiger partial charge is 0.204 e. The molecule has 4 aliphatic rings. The first-order valence-corrected chi connectivity index (χ1v) is 15.5. The number of methoxy groups -OCH3 is 4. The molecule has 0 unspecified atom stereocenters. The van der Waals surface area contributed by atoms with Gasteiger partial charge in [-0.3, -0.25) is 4.90 Å². The van der Waals surface area contributed by atoms with E-state index in [0.29, 0.717) is 40.2 Å². The lowest BCUT2D eigenvalue weighted by Crippen LogP contribution is -2.34. The summed E-state index contributed by atoms with van der Waals surface area (Å²) in [5, 5.41) is 3.74. The number of likely N-dealkylation sites (N-methyl/N-ethyl adjacent to an activating group) is 1. The van der Waals surface area contributed by atoms with Crippen LogP contribution in [0.5, 0.6) is 46.0 Å². The number of benzene rings is 4. The molecule has 8 heteroatoms. The van der Waals surface area contributed by atoms with Crippen molar-refractivity contribution in [2.24, 2.45) is 0 Å². The van der Waals surface area contributed by atoms with Gasteiger partial charge in [0.05, 0.1) is 28.4 Å². The minimum Gasteiger partial charge on any atom is -0.493 e. The molecule has 4 aromatic carbocycles. The van der Waals surface area contributed by atoms with Crippen molar-refractivity contribution < 1.29 is 28.4 Å². The van der Waals surface area contributed by atoms with Gasteiger partial charge >= 0.3 is 0 Å². The average molecular weight is 609 g/mol. The van der Waals surface area contributed by atoms with Crippen molar-refractivity contribution in [3.05, 3.63) is 94.0 Å². The van der Waals surface area contributed by atoms with Crippen LogP contribution >= 0.6 is 0 Å². The number of fused-ring (bicyclic) bond motifs is 2. The number of hydrogen-bond acceptors (Lipinski definition) is 8. The lowest BCUT2D eigenvalue weighted by atomic mass is 9.87. The van der Waals surface area contributed by atoms with Crippen molar-refractivity contribution in [3.8, 4) is 46.0 Å². The van der Waals surface area contributed by atoms with Gasteiger partial charge in [0.25, 0.3) is 0 Å². The second-order valence-corrected chi connectivity index (χ2v) is 12.0. The summed E-state index contributed by atoms with van der Waals surface area (Å²) >= 11 is 0. The number of nitrogens with zero attached hydrogens (tertiary/aromatic N) is 1. The molecule has 0 amide bonds. The fraction of sp³-hybridized carbons (Fsp3) is 0.351. The maximum atomic E-state index is 6.98. The van der Waals surface area contributed by atoms with Crippen LogP contribution in [0.25, 0.3) is 0 Å². The van der Waals surface area contributed by atoms with E-state index < -0.39 is 0 Å². The van der Waals surface area contributed by atoms with Gasteiger partial charge in [-0.1, -0.05) is 18.2 Å². The van der Waals surface area contributed by atoms with Gasteiger partial charge in [0.15, 0.2) is 34.5 Å². The lowest BCUT2D eigenvalue weighted by Gasteiger charge is -2.37. The van der Waals surface area contributed by atoms with E-state index in [-0.39, 0.29) is 12.1 Å². The highest BCUT2D eigenvalue weighted by molar-refractivity contribution is 5.64. The fourth-order valence-electron chi connectivity index (χ4n) is 7.02. The summed E-state index contributed by atoms with van der Waals surface area (Å²) in [6.45, 7) is 1.79. The molecule has 8 nitrogen and oxygen atoms in total. The highest BCUT2D eigenvalue weighted by Crippen LogP contribution is 2.51. The molecule has 0 radical (unpaired) electrons. The van der Waals surface area contributed by atoms with E-state index in [4.69, 9.17) is 28.4 Å². The zero-order chi connectivity index (χ0) is 31.1. The summed E-state index contributed by atoms with van der Waals surface area (Å²) < 4.78 is 36.9. The van der Waals surface area contributed by atoms with Gasteiger partial charge < -0.3 is 33.7 Å². The summed E-state index contributed by atoms with van der Waals surface area (Å²) in [6, 6.07) is 21.0. The van der Waals surface area contributed by atoms with Crippen LogP contribution in [0.3, 0.4) is 0 Å². The number of ether oxygens (including phenoxy) is 6. The summed E-state index contributed by atoms with van der Waals surface area (Å²) in [7, 11) is 8.88. The molecule has 8 rings (SSSR count). The van der Waals surface area contributed by atoms with Crippen molar-refractivity contribution in [1.29, 1.82) is 0 Å². The highest BCUT2D eigenvalue weighted by atomic mass is 16.5. The Labute approximate surface area is 264 Å². The van der Waals surface area contributed by atoms with Crippen molar-refractivity contribution in [2.45, 2.75) is 37.8 Å². The second-order valence-electron chi connectivity index (χ2n) is 12.0. The standard InChI is InChI=1S/C37H40N2O6/c1-39-15-13-25-20-34(42-4)36(43-5)37-35(25)29(39)17-23-8-11-30(40-2)32(18-23)44-26-9-6-22(7-10-26)16-28-27-21-33(45-37)31(41-3)19-24(27)12-14-38-28/h6-11,18-21,28-29,38H,12-17H2,1-5H3/t28-,29+/m1/s1. The van der Waals surface area contributed by atoms with Gasteiger partial charge in [-0.25, -0.2) is 0 Å². The van der Waals surface area contributed by atoms with Gasteiger partial charge in [0.1, 0.15) is 5.75 Å². The minimum atomic E-state index is 0.000931. The monoisotopic (exact) mass is 608 g/mol. The molecule has 45 heavy (non-hydrogen) atoms. The van der Waals surface area contributed by atoms with E-state index >= 15 is 0 Å². The van der Waals surface area contributed by atoms with Crippen LogP contribution in [0.2, 0.25) is 0 Å². The Morgan fingerprint density at radius 3 is 2.20 bits per heavy atom. The van der Waals surface area contributed by atoms with Crippen molar-refractivity contribution >= 4 is 0 Å². The van der Waals surface area contributed by atoms with Crippen LogP contribution in [0.4, 0.5) is 0 Å². The van der Waals surface area contributed by atoms with E-state index in [1.807, 2.05) is 18.2 Å². The topological polar surface area (TPSA) is 70.7 Å². The largest absolute Gasteiger partial charge is 0.493 e. The van der Waals surface area contributed by atoms with Gasteiger partial charge in [0.2, 0.25) is 5.75 Å². The average Bonchev–Trinajstić information content (AvgIpc) is 3.06. The van der Waals surface area contributed by atoms with E-state index in [2.05, 4.69) is 59.7 Å². The van der Waals surface area contributed by atoms with Crippen molar-refractivity contribution in [3.63, 3.8) is 0 Å². The molecule has 0 aliphatic carbocycles. The molecule has 234 valence electrons. The van der Waals surface area contributed by atoms with E-state index in [1.54, 1.807) is 28.4 Å². The first-order valence-electron chi connectivity index (χ1n) is 15.5. The Hall–Kier alpha value is -4.40. The van der Waals surface area contributed by atoms with Gasteiger partial charge in [-0.2, -0.15) is 0 Å². The van der Waals surface area contributed by atoms with Crippen molar-refractivity contribution in [2.75, 3.05) is 48.6 Å². The summed E-state index contributed by atoms with van der Waals surface area (Å²) in [5.74, 6) is 5.37. The SMILES string of the molecule is COc1ccc2cc1Oc1ccc(cc1)C[C@H]1NCCc3cc(OC)c(cc31)Oc1c(OC)c(OC)cc3c1[C@H](C2)N(C)CC3. The quantitative estimate of drug-likeness (QED) is 0.271. The Kier molecular flexibility index (Phi) is 7.94. The third-order valence-electron chi connectivity index (χ3n) is 9.40. The van der Waals surface area contributed by atoms with Crippen LogP contribution in [0.1, 0.15) is 45.5 Å². The zero-order valence-corrected chi connectivity index (χ0v) is 26.6. The molecule has 4 heterocycles. The summed E-state index contributed by atoms with van der Waals surface area (Å²) in [4.78, 5) is 2.38. The molecule has 1 N–H and O–H groups in total. The first kappa shape index (κ1) is 29.3. The highest BCUT2D eigenvalue weighted by Gasteiger charge is 2.34. The normalized spacial score (nSPS) is 18.9. The molecular weight excluding hydrogens is 568 g/mol. The third kappa shape index (κ3) is 5.42. The molecule has 0 saturated heterocycles. The summed E-state index contributed by atoms with van der Waals surface area (Å²) in [5.41, 5.74) is 7.07.